The number of nitrogens with one attached hydrogen (secondary N) is 1. The molecule has 1 aromatic heterocycles. The zero-order valence-electron chi connectivity index (χ0n) is 9.25. The van der Waals surface area contributed by atoms with Crippen LogP contribution in [0.4, 0.5) is 18.9 Å². The highest BCUT2D eigenvalue weighted by Crippen LogP contribution is 2.17. The molecule has 1 heterocycles. The van der Waals surface area contributed by atoms with Crippen LogP contribution in [0.2, 0.25) is 5.15 Å². The third-order valence-corrected chi connectivity index (χ3v) is 2.44. The van der Waals surface area contributed by atoms with Gasteiger partial charge in [-0.1, -0.05) is 11.6 Å². The van der Waals surface area contributed by atoms with Crippen LogP contribution in [0.5, 0.6) is 0 Å². The fourth-order valence-electron chi connectivity index (χ4n) is 1.40. The van der Waals surface area contributed by atoms with E-state index in [1.165, 1.54) is 18.3 Å². The lowest BCUT2D eigenvalue weighted by Crippen LogP contribution is -2.16. The second kappa shape index (κ2) is 5.27. The third kappa shape index (κ3) is 3.03. The first-order chi connectivity index (χ1) is 8.97. The van der Waals surface area contributed by atoms with Crippen molar-refractivity contribution in [3.8, 4) is 0 Å². The predicted octanol–water partition coefficient (Wildman–Crippen LogP) is 3.40. The van der Waals surface area contributed by atoms with Gasteiger partial charge in [0, 0.05) is 12.1 Å². The van der Waals surface area contributed by atoms with E-state index in [0.717, 1.165) is 0 Å². The molecular formula is C12H6ClF3N2O. The molecule has 3 nitrogen and oxygen atoms in total. The summed E-state index contributed by atoms with van der Waals surface area (Å²) in [7, 11) is 0. The number of aromatic nitrogens is 1. The highest BCUT2D eigenvalue weighted by atomic mass is 35.5. The molecule has 0 aliphatic carbocycles. The fourth-order valence-corrected chi connectivity index (χ4v) is 1.51. The maximum absolute atomic E-state index is 13.4. The predicted molar refractivity (Wildman–Crippen MR) is 63.5 cm³/mol. The summed E-state index contributed by atoms with van der Waals surface area (Å²) in [6.07, 6.45) is 1.22. The van der Waals surface area contributed by atoms with Gasteiger partial charge in [0.25, 0.3) is 5.91 Å². The van der Waals surface area contributed by atoms with Gasteiger partial charge in [0.15, 0.2) is 0 Å². The maximum Gasteiger partial charge on any atom is 0.261 e. The van der Waals surface area contributed by atoms with E-state index in [1.807, 2.05) is 0 Å². The summed E-state index contributed by atoms with van der Waals surface area (Å²) < 4.78 is 39.4. The number of hydrogen-bond donors (Lipinski definition) is 1. The van der Waals surface area contributed by atoms with Crippen molar-refractivity contribution in [3.63, 3.8) is 0 Å². The lowest BCUT2D eigenvalue weighted by molar-refractivity contribution is 0.101. The van der Waals surface area contributed by atoms with Gasteiger partial charge in [0.1, 0.15) is 28.2 Å². The number of rotatable bonds is 2. The molecule has 98 valence electrons. The van der Waals surface area contributed by atoms with Crippen molar-refractivity contribution < 1.29 is 18.0 Å². The maximum atomic E-state index is 13.4. The molecular weight excluding hydrogens is 281 g/mol. The molecule has 0 saturated carbocycles. The Bertz CT molecular complexity index is 608. The number of nitrogens with zero attached hydrogens (tertiary/aromatic N) is 1. The van der Waals surface area contributed by atoms with Gasteiger partial charge in [-0.05, 0) is 12.1 Å². The number of amides is 1. The summed E-state index contributed by atoms with van der Waals surface area (Å²) in [5, 5.41) is 2.43. The second-order valence-electron chi connectivity index (χ2n) is 3.57. The Hall–Kier alpha value is -2.08. The molecule has 0 fully saturated rings. The van der Waals surface area contributed by atoms with Crippen molar-refractivity contribution in [1.29, 1.82) is 0 Å². The fraction of sp³-hybridized carbons (Fsp3) is 0. The average Bonchev–Trinajstić information content (AvgIpc) is 2.30. The van der Waals surface area contributed by atoms with Crippen molar-refractivity contribution in [3.05, 3.63) is 58.6 Å². The summed E-state index contributed by atoms with van der Waals surface area (Å²) >= 11 is 5.55. The lowest BCUT2D eigenvalue weighted by Gasteiger charge is -2.07. The normalized spacial score (nSPS) is 10.3. The Balaban J connectivity index is 2.28. The van der Waals surface area contributed by atoms with E-state index in [-0.39, 0.29) is 10.8 Å². The number of halogens is 4. The molecule has 2 aromatic rings. The molecule has 7 heteroatoms. The first kappa shape index (κ1) is 13.4. The quantitative estimate of drug-likeness (QED) is 0.860. The molecule has 0 atom stereocenters. The number of benzene rings is 1. The van der Waals surface area contributed by atoms with E-state index in [2.05, 4.69) is 10.3 Å². The second-order valence-corrected chi connectivity index (χ2v) is 3.96. The van der Waals surface area contributed by atoms with Crippen molar-refractivity contribution >= 4 is 23.2 Å². The van der Waals surface area contributed by atoms with Gasteiger partial charge in [-0.25, -0.2) is 18.2 Å². The summed E-state index contributed by atoms with van der Waals surface area (Å²) in [5.41, 5.74) is -0.658. The Kier molecular flexibility index (Phi) is 3.71. The van der Waals surface area contributed by atoms with Gasteiger partial charge in [-0.15, -0.1) is 0 Å². The van der Waals surface area contributed by atoms with Crippen molar-refractivity contribution in [2.45, 2.75) is 0 Å². The molecule has 1 amide bonds. The first-order valence-electron chi connectivity index (χ1n) is 5.05. The van der Waals surface area contributed by atoms with E-state index in [1.54, 1.807) is 0 Å². The minimum Gasteiger partial charge on any atom is -0.320 e. The largest absolute Gasteiger partial charge is 0.320 e. The van der Waals surface area contributed by atoms with Crippen LogP contribution in [-0.4, -0.2) is 10.9 Å². The Morgan fingerprint density at radius 3 is 2.32 bits per heavy atom. The molecule has 0 radical (unpaired) electrons. The molecule has 19 heavy (non-hydrogen) atoms. The summed E-state index contributed by atoms with van der Waals surface area (Å²) in [4.78, 5) is 15.4. The van der Waals surface area contributed by atoms with Crippen LogP contribution >= 0.6 is 11.6 Å². The summed E-state index contributed by atoms with van der Waals surface area (Å²) in [6, 6.07) is 3.66. The van der Waals surface area contributed by atoms with Gasteiger partial charge < -0.3 is 5.32 Å². The van der Waals surface area contributed by atoms with E-state index >= 15 is 0 Å². The SMILES string of the molecule is O=C(Nc1ccc(Cl)nc1)c1c(F)cc(F)cc1F. The number of carbonyl (C=O) groups excluding carboxylic acids is 1. The van der Waals surface area contributed by atoms with Gasteiger partial charge in [0.2, 0.25) is 0 Å². The topological polar surface area (TPSA) is 42.0 Å². The molecule has 0 spiro atoms. The summed E-state index contributed by atoms with van der Waals surface area (Å²) in [6.45, 7) is 0. The molecule has 0 aliphatic heterocycles. The highest BCUT2D eigenvalue weighted by molar-refractivity contribution is 6.29. The summed E-state index contributed by atoms with van der Waals surface area (Å²) in [5.74, 6) is -4.70. The first-order valence-corrected chi connectivity index (χ1v) is 5.42. The van der Waals surface area contributed by atoms with Crippen LogP contribution in [0.15, 0.2) is 30.5 Å². The zero-order valence-corrected chi connectivity index (χ0v) is 10.0. The van der Waals surface area contributed by atoms with Crippen LogP contribution in [0.3, 0.4) is 0 Å². The van der Waals surface area contributed by atoms with Crippen LogP contribution in [0.1, 0.15) is 10.4 Å². The zero-order chi connectivity index (χ0) is 14.0. The van der Waals surface area contributed by atoms with E-state index < -0.39 is 28.9 Å². The van der Waals surface area contributed by atoms with Gasteiger partial charge in [0.05, 0.1) is 11.9 Å². The van der Waals surface area contributed by atoms with Gasteiger partial charge >= 0.3 is 0 Å². The van der Waals surface area contributed by atoms with E-state index in [0.29, 0.717) is 12.1 Å². The number of carbonyl (C=O) groups is 1. The smallest absolute Gasteiger partial charge is 0.261 e. The van der Waals surface area contributed by atoms with E-state index in [4.69, 9.17) is 11.6 Å². The molecule has 0 unspecified atom stereocenters. The van der Waals surface area contributed by atoms with Gasteiger partial charge in [-0.2, -0.15) is 0 Å². The Morgan fingerprint density at radius 1 is 1.16 bits per heavy atom. The Morgan fingerprint density at radius 2 is 1.79 bits per heavy atom. The molecule has 1 N–H and O–H groups in total. The number of pyridine rings is 1. The standard InChI is InChI=1S/C12H6ClF3N2O/c13-10-2-1-7(5-17-10)18-12(19)11-8(15)3-6(14)4-9(11)16/h1-5H,(H,18,19). The van der Waals surface area contributed by atoms with Crippen LogP contribution in [0.25, 0.3) is 0 Å². The minimum absolute atomic E-state index is 0.206. The molecule has 0 saturated heterocycles. The van der Waals surface area contributed by atoms with E-state index in [9.17, 15) is 18.0 Å². The number of hydrogen-bond acceptors (Lipinski definition) is 2. The van der Waals surface area contributed by atoms with Crippen LogP contribution in [0, 0.1) is 17.5 Å². The minimum atomic E-state index is -1.28. The third-order valence-electron chi connectivity index (χ3n) is 2.22. The van der Waals surface area contributed by atoms with Crippen molar-refractivity contribution in [1.82, 2.24) is 4.98 Å². The monoisotopic (exact) mass is 286 g/mol. The Labute approximate surface area is 111 Å². The average molecular weight is 287 g/mol. The van der Waals surface area contributed by atoms with Crippen LogP contribution in [-0.2, 0) is 0 Å². The molecule has 0 bridgehead atoms. The van der Waals surface area contributed by atoms with Gasteiger partial charge in [-0.3, -0.25) is 4.79 Å². The molecule has 1 aromatic carbocycles. The highest BCUT2D eigenvalue weighted by Gasteiger charge is 2.19. The van der Waals surface area contributed by atoms with Crippen molar-refractivity contribution in [2.75, 3.05) is 5.32 Å². The number of anilines is 1. The van der Waals surface area contributed by atoms with Crippen LogP contribution < -0.4 is 5.32 Å². The van der Waals surface area contributed by atoms with Crippen molar-refractivity contribution in [2.24, 2.45) is 0 Å². The molecule has 2 rings (SSSR count). The molecule has 0 aliphatic rings. The lowest BCUT2D eigenvalue weighted by atomic mass is 10.1.